The Morgan fingerprint density at radius 3 is 2.46 bits per heavy atom. The number of nitrogens with two attached hydrogens (primary N) is 1. The number of nitrogens with one attached hydrogen (secondary N) is 1. The smallest absolute Gasteiger partial charge is 0.341 e. The summed E-state index contributed by atoms with van der Waals surface area (Å²) in [5.74, 6) is -0.776. The SMILES string of the molecule is Cc1ccc(NC(=O)c2sc(N)c(C(=O)OC(C)C)c2C)c(C)c1. The van der Waals surface area contributed by atoms with Gasteiger partial charge in [0.15, 0.2) is 0 Å². The third kappa shape index (κ3) is 3.76. The Balaban J connectivity index is 2.29. The highest BCUT2D eigenvalue weighted by atomic mass is 32.1. The summed E-state index contributed by atoms with van der Waals surface area (Å²) in [5.41, 5.74) is 9.60. The molecule has 0 saturated heterocycles. The summed E-state index contributed by atoms with van der Waals surface area (Å²) >= 11 is 1.10. The molecule has 1 aromatic carbocycles. The van der Waals surface area contributed by atoms with E-state index in [1.54, 1.807) is 20.8 Å². The maximum absolute atomic E-state index is 12.6. The largest absolute Gasteiger partial charge is 0.459 e. The van der Waals surface area contributed by atoms with Gasteiger partial charge < -0.3 is 15.8 Å². The molecule has 1 amide bonds. The summed E-state index contributed by atoms with van der Waals surface area (Å²) in [4.78, 5) is 25.1. The maximum atomic E-state index is 12.6. The summed E-state index contributed by atoms with van der Waals surface area (Å²) in [7, 11) is 0. The number of nitrogen functional groups attached to an aromatic ring is 1. The second-order valence-electron chi connectivity index (χ2n) is 6.02. The zero-order chi connectivity index (χ0) is 18.0. The van der Waals surface area contributed by atoms with Crippen LogP contribution in [0.1, 0.15) is 50.6 Å². The van der Waals surface area contributed by atoms with Crippen LogP contribution in [-0.2, 0) is 4.74 Å². The second kappa shape index (κ2) is 7.05. The van der Waals surface area contributed by atoms with Crippen molar-refractivity contribution in [3.8, 4) is 0 Å². The number of carbonyl (C=O) groups is 2. The third-order valence-electron chi connectivity index (χ3n) is 3.56. The first-order valence-corrected chi connectivity index (χ1v) is 8.50. The number of thiophene rings is 1. The van der Waals surface area contributed by atoms with Crippen LogP contribution in [0.25, 0.3) is 0 Å². The molecule has 24 heavy (non-hydrogen) atoms. The highest BCUT2D eigenvalue weighted by molar-refractivity contribution is 7.18. The van der Waals surface area contributed by atoms with Crippen molar-refractivity contribution in [2.24, 2.45) is 0 Å². The van der Waals surface area contributed by atoms with Crippen LogP contribution in [0.15, 0.2) is 18.2 Å². The van der Waals surface area contributed by atoms with Gasteiger partial charge in [-0.15, -0.1) is 11.3 Å². The fourth-order valence-corrected chi connectivity index (χ4v) is 3.37. The van der Waals surface area contributed by atoms with E-state index in [0.29, 0.717) is 15.4 Å². The molecule has 0 unspecified atom stereocenters. The fourth-order valence-electron chi connectivity index (χ4n) is 2.41. The lowest BCUT2D eigenvalue weighted by Crippen LogP contribution is -2.15. The number of carbonyl (C=O) groups excluding carboxylic acids is 2. The molecule has 0 radical (unpaired) electrons. The van der Waals surface area contributed by atoms with E-state index in [0.717, 1.165) is 28.2 Å². The van der Waals surface area contributed by atoms with Gasteiger partial charge in [0.1, 0.15) is 5.00 Å². The van der Waals surface area contributed by atoms with Crippen LogP contribution in [0.2, 0.25) is 0 Å². The predicted molar refractivity (Wildman–Crippen MR) is 97.9 cm³/mol. The number of benzene rings is 1. The van der Waals surface area contributed by atoms with Crippen molar-refractivity contribution < 1.29 is 14.3 Å². The lowest BCUT2D eigenvalue weighted by atomic mass is 10.1. The lowest BCUT2D eigenvalue weighted by molar-refractivity contribution is 0.0379. The van der Waals surface area contributed by atoms with E-state index >= 15 is 0 Å². The normalized spacial score (nSPS) is 10.8. The summed E-state index contributed by atoms with van der Waals surface area (Å²) in [6.45, 7) is 9.17. The molecule has 128 valence electrons. The molecule has 5 nitrogen and oxygen atoms in total. The number of amides is 1. The number of aryl methyl sites for hydroxylation is 2. The molecular formula is C18H22N2O3S. The van der Waals surface area contributed by atoms with E-state index in [1.165, 1.54) is 0 Å². The summed E-state index contributed by atoms with van der Waals surface area (Å²) in [5, 5.41) is 3.17. The molecule has 1 heterocycles. The molecule has 0 aliphatic carbocycles. The van der Waals surface area contributed by atoms with Crippen molar-refractivity contribution in [3.05, 3.63) is 45.3 Å². The van der Waals surface area contributed by atoms with Crippen molar-refractivity contribution in [2.45, 2.75) is 40.7 Å². The van der Waals surface area contributed by atoms with E-state index in [-0.39, 0.29) is 17.6 Å². The van der Waals surface area contributed by atoms with Gasteiger partial charge >= 0.3 is 5.97 Å². The Kier molecular flexibility index (Phi) is 5.29. The first-order valence-electron chi connectivity index (χ1n) is 7.69. The Morgan fingerprint density at radius 2 is 1.88 bits per heavy atom. The van der Waals surface area contributed by atoms with E-state index < -0.39 is 5.97 Å². The molecule has 3 N–H and O–H groups in total. The van der Waals surface area contributed by atoms with Crippen LogP contribution in [0, 0.1) is 20.8 Å². The van der Waals surface area contributed by atoms with Gasteiger partial charge in [0, 0.05) is 5.69 Å². The summed E-state index contributed by atoms with van der Waals surface area (Å²) in [6.07, 6.45) is -0.247. The van der Waals surface area contributed by atoms with Crippen LogP contribution in [0.4, 0.5) is 10.7 Å². The van der Waals surface area contributed by atoms with Gasteiger partial charge in [-0.1, -0.05) is 17.7 Å². The first kappa shape index (κ1) is 18.0. The molecule has 0 atom stereocenters. The van der Waals surface area contributed by atoms with Gasteiger partial charge in [0.05, 0.1) is 16.5 Å². The van der Waals surface area contributed by atoms with Crippen LogP contribution < -0.4 is 11.1 Å². The molecule has 0 bridgehead atoms. The van der Waals surface area contributed by atoms with Gasteiger partial charge in [-0.05, 0) is 51.8 Å². The van der Waals surface area contributed by atoms with Crippen molar-refractivity contribution in [1.29, 1.82) is 0 Å². The molecular weight excluding hydrogens is 324 g/mol. The number of anilines is 2. The Labute approximate surface area is 145 Å². The minimum absolute atomic E-state index is 0.247. The zero-order valence-electron chi connectivity index (χ0n) is 14.5. The van der Waals surface area contributed by atoms with Crippen molar-refractivity contribution in [2.75, 3.05) is 11.1 Å². The first-order chi connectivity index (χ1) is 11.2. The molecule has 0 aliphatic heterocycles. The number of esters is 1. The summed E-state index contributed by atoms with van der Waals surface area (Å²) in [6, 6.07) is 5.79. The minimum atomic E-state index is -0.498. The highest BCUT2D eigenvalue weighted by Gasteiger charge is 2.25. The number of ether oxygens (including phenoxy) is 1. The van der Waals surface area contributed by atoms with Gasteiger partial charge in [0.2, 0.25) is 0 Å². The van der Waals surface area contributed by atoms with Gasteiger partial charge in [-0.25, -0.2) is 4.79 Å². The van der Waals surface area contributed by atoms with Crippen LogP contribution in [0.3, 0.4) is 0 Å². The molecule has 1 aromatic heterocycles. The molecule has 0 saturated carbocycles. The molecule has 6 heteroatoms. The molecule has 2 rings (SSSR count). The number of hydrogen-bond donors (Lipinski definition) is 2. The Bertz CT molecular complexity index is 794. The zero-order valence-corrected chi connectivity index (χ0v) is 15.3. The molecule has 2 aromatic rings. The summed E-state index contributed by atoms with van der Waals surface area (Å²) < 4.78 is 5.20. The van der Waals surface area contributed by atoms with Crippen LogP contribution >= 0.6 is 11.3 Å². The van der Waals surface area contributed by atoms with Crippen LogP contribution in [-0.4, -0.2) is 18.0 Å². The predicted octanol–water partition coefficient (Wildman–Crippen LogP) is 4.07. The number of hydrogen-bond acceptors (Lipinski definition) is 5. The number of rotatable bonds is 4. The van der Waals surface area contributed by atoms with Gasteiger partial charge in [0.25, 0.3) is 5.91 Å². The fraction of sp³-hybridized carbons (Fsp3) is 0.333. The average molecular weight is 346 g/mol. The second-order valence-corrected chi connectivity index (χ2v) is 7.07. The maximum Gasteiger partial charge on any atom is 0.341 e. The van der Waals surface area contributed by atoms with E-state index in [4.69, 9.17) is 10.5 Å². The van der Waals surface area contributed by atoms with Crippen molar-refractivity contribution in [1.82, 2.24) is 0 Å². The minimum Gasteiger partial charge on any atom is -0.459 e. The van der Waals surface area contributed by atoms with Crippen molar-refractivity contribution >= 4 is 33.9 Å². The van der Waals surface area contributed by atoms with E-state index in [1.807, 2.05) is 32.0 Å². The van der Waals surface area contributed by atoms with E-state index in [2.05, 4.69) is 5.32 Å². The highest BCUT2D eigenvalue weighted by Crippen LogP contribution is 2.32. The van der Waals surface area contributed by atoms with Crippen LogP contribution in [0.5, 0.6) is 0 Å². The Morgan fingerprint density at radius 1 is 1.21 bits per heavy atom. The molecule has 0 fully saturated rings. The monoisotopic (exact) mass is 346 g/mol. The third-order valence-corrected chi connectivity index (χ3v) is 4.68. The quantitative estimate of drug-likeness (QED) is 0.818. The average Bonchev–Trinajstić information content (AvgIpc) is 2.76. The Hall–Kier alpha value is -2.34. The van der Waals surface area contributed by atoms with Gasteiger partial charge in [-0.2, -0.15) is 0 Å². The lowest BCUT2D eigenvalue weighted by Gasteiger charge is -2.09. The van der Waals surface area contributed by atoms with Gasteiger partial charge in [-0.3, -0.25) is 4.79 Å². The molecule has 0 aliphatic rings. The van der Waals surface area contributed by atoms with Crippen molar-refractivity contribution in [3.63, 3.8) is 0 Å². The van der Waals surface area contributed by atoms with E-state index in [9.17, 15) is 9.59 Å². The standard InChI is InChI=1S/C18H22N2O3S/c1-9(2)23-18(22)14-12(5)15(24-16(14)19)17(21)20-13-7-6-10(3)8-11(13)4/h6-9H,19H2,1-5H3,(H,20,21). The topological polar surface area (TPSA) is 81.4 Å². The molecule has 0 spiro atoms.